The number of fused-ring (bicyclic) bond motifs is 2. The number of rotatable bonds is 4. The van der Waals surface area contributed by atoms with Gasteiger partial charge in [0.2, 0.25) is 12.7 Å². The molecule has 30 heavy (non-hydrogen) atoms. The Morgan fingerprint density at radius 1 is 1.27 bits per heavy atom. The SMILES string of the molecule is CC(C)(C)OC(=O)N1CCc2c(NC(=O)CCc3ccc4c(c3)OCO4)n[nH]c2C1. The van der Waals surface area contributed by atoms with Crippen molar-refractivity contribution >= 4 is 17.8 Å². The average molecular weight is 414 g/mol. The molecule has 0 unspecified atom stereocenters. The number of aryl methyl sites for hydroxylation is 1. The fourth-order valence-electron chi connectivity index (χ4n) is 3.45. The second-order valence-electron chi connectivity index (χ2n) is 8.42. The van der Waals surface area contributed by atoms with Crippen molar-refractivity contribution < 1.29 is 23.8 Å². The number of ether oxygens (including phenoxy) is 3. The third-order valence-electron chi connectivity index (χ3n) is 4.92. The predicted octanol–water partition coefficient (Wildman–Crippen LogP) is 3.00. The lowest BCUT2D eigenvalue weighted by molar-refractivity contribution is -0.116. The largest absolute Gasteiger partial charge is 0.454 e. The fraction of sp³-hybridized carbons (Fsp3) is 0.476. The zero-order valence-electron chi connectivity index (χ0n) is 17.4. The Labute approximate surface area is 174 Å². The van der Waals surface area contributed by atoms with Crippen LogP contribution in [-0.4, -0.2) is 46.0 Å². The van der Waals surface area contributed by atoms with Crippen molar-refractivity contribution in [2.24, 2.45) is 0 Å². The first-order valence-corrected chi connectivity index (χ1v) is 10.0. The third kappa shape index (κ3) is 4.50. The molecule has 0 saturated heterocycles. The summed E-state index contributed by atoms with van der Waals surface area (Å²) in [4.78, 5) is 26.3. The summed E-state index contributed by atoms with van der Waals surface area (Å²) in [5.74, 6) is 1.86. The number of aromatic nitrogens is 2. The molecule has 2 aliphatic rings. The molecular weight excluding hydrogens is 388 g/mol. The van der Waals surface area contributed by atoms with Crippen LogP contribution in [0.2, 0.25) is 0 Å². The molecule has 0 aliphatic carbocycles. The van der Waals surface area contributed by atoms with E-state index in [2.05, 4.69) is 15.5 Å². The van der Waals surface area contributed by atoms with Gasteiger partial charge in [0.15, 0.2) is 17.3 Å². The van der Waals surface area contributed by atoms with Crippen molar-refractivity contribution in [3.05, 3.63) is 35.0 Å². The molecule has 0 fully saturated rings. The van der Waals surface area contributed by atoms with Crippen molar-refractivity contribution in [3.8, 4) is 11.5 Å². The molecule has 0 bridgehead atoms. The quantitative estimate of drug-likeness (QED) is 0.797. The van der Waals surface area contributed by atoms with Gasteiger partial charge in [0, 0.05) is 18.5 Å². The summed E-state index contributed by atoms with van der Waals surface area (Å²) in [7, 11) is 0. The molecule has 3 heterocycles. The molecule has 0 radical (unpaired) electrons. The van der Waals surface area contributed by atoms with E-state index in [0.29, 0.717) is 43.9 Å². The average Bonchev–Trinajstić information content (AvgIpc) is 3.31. The van der Waals surface area contributed by atoms with Crippen molar-refractivity contribution in [1.29, 1.82) is 0 Å². The van der Waals surface area contributed by atoms with Crippen LogP contribution in [0.4, 0.5) is 10.6 Å². The van der Waals surface area contributed by atoms with Gasteiger partial charge in [-0.2, -0.15) is 5.10 Å². The van der Waals surface area contributed by atoms with E-state index in [4.69, 9.17) is 14.2 Å². The van der Waals surface area contributed by atoms with Crippen LogP contribution in [0.25, 0.3) is 0 Å². The highest BCUT2D eigenvalue weighted by Gasteiger charge is 2.28. The highest BCUT2D eigenvalue weighted by molar-refractivity contribution is 5.90. The van der Waals surface area contributed by atoms with Gasteiger partial charge >= 0.3 is 6.09 Å². The van der Waals surface area contributed by atoms with Gasteiger partial charge in [-0.05, 0) is 51.3 Å². The number of carbonyl (C=O) groups excluding carboxylic acids is 2. The first kappa shape index (κ1) is 20.1. The minimum atomic E-state index is -0.539. The van der Waals surface area contributed by atoms with Crippen LogP contribution in [0.3, 0.4) is 0 Å². The van der Waals surface area contributed by atoms with Crippen LogP contribution in [0, 0.1) is 0 Å². The van der Waals surface area contributed by atoms with Gasteiger partial charge in [-0.3, -0.25) is 9.89 Å². The summed E-state index contributed by atoms with van der Waals surface area (Å²) in [6.07, 6.45) is 1.16. The summed E-state index contributed by atoms with van der Waals surface area (Å²) >= 11 is 0. The van der Waals surface area contributed by atoms with E-state index in [0.717, 1.165) is 22.6 Å². The summed E-state index contributed by atoms with van der Waals surface area (Å²) in [5.41, 5.74) is 2.22. The molecule has 1 aromatic heterocycles. The molecule has 9 heteroatoms. The number of hydrogen-bond acceptors (Lipinski definition) is 6. The Bertz CT molecular complexity index is 963. The lowest BCUT2D eigenvalue weighted by Crippen LogP contribution is -2.39. The van der Waals surface area contributed by atoms with E-state index in [-0.39, 0.29) is 18.8 Å². The van der Waals surface area contributed by atoms with Gasteiger partial charge < -0.3 is 24.4 Å². The molecule has 2 aliphatic heterocycles. The van der Waals surface area contributed by atoms with Crippen LogP contribution < -0.4 is 14.8 Å². The number of nitrogens with zero attached hydrogens (tertiary/aromatic N) is 2. The van der Waals surface area contributed by atoms with E-state index >= 15 is 0 Å². The molecule has 2 N–H and O–H groups in total. The molecule has 2 amide bonds. The Morgan fingerprint density at radius 3 is 2.87 bits per heavy atom. The Balaban J connectivity index is 1.32. The molecule has 0 atom stereocenters. The molecule has 0 spiro atoms. The van der Waals surface area contributed by atoms with Crippen LogP contribution >= 0.6 is 0 Å². The van der Waals surface area contributed by atoms with Crippen LogP contribution in [0.15, 0.2) is 18.2 Å². The van der Waals surface area contributed by atoms with Crippen molar-refractivity contribution in [3.63, 3.8) is 0 Å². The van der Waals surface area contributed by atoms with Gasteiger partial charge in [0.1, 0.15) is 5.60 Å². The number of hydrogen-bond donors (Lipinski definition) is 2. The number of anilines is 1. The first-order valence-electron chi connectivity index (χ1n) is 10.0. The van der Waals surface area contributed by atoms with Gasteiger partial charge in [0.05, 0.1) is 12.2 Å². The molecule has 0 saturated carbocycles. The molecule has 9 nitrogen and oxygen atoms in total. The van der Waals surface area contributed by atoms with E-state index in [1.165, 1.54) is 0 Å². The number of aromatic amines is 1. The topological polar surface area (TPSA) is 106 Å². The zero-order chi connectivity index (χ0) is 21.3. The van der Waals surface area contributed by atoms with E-state index in [1.54, 1.807) is 4.90 Å². The molecule has 4 rings (SSSR count). The maximum Gasteiger partial charge on any atom is 0.410 e. The van der Waals surface area contributed by atoms with Crippen LogP contribution in [0.1, 0.15) is 44.0 Å². The number of benzene rings is 1. The van der Waals surface area contributed by atoms with Gasteiger partial charge in [-0.25, -0.2) is 4.79 Å². The Kier molecular flexibility index (Phi) is 5.27. The van der Waals surface area contributed by atoms with E-state index in [1.807, 2.05) is 39.0 Å². The van der Waals surface area contributed by atoms with Crippen molar-refractivity contribution in [1.82, 2.24) is 15.1 Å². The summed E-state index contributed by atoms with van der Waals surface area (Å²) < 4.78 is 16.1. The predicted molar refractivity (Wildman–Crippen MR) is 108 cm³/mol. The second-order valence-corrected chi connectivity index (χ2v) is 8.42. The van der Waals surface area contributed by atoms with Crippen molar-refractivity contribution in [2.75, 3.05) is 18.7 Å². The standard InChI is InChI=1S/C21H26N4O5/c1-21(2,3)30-20(27)25-9-8-14-15(11-25)23-24-19(14)22-18(26)7-5-13-4-6-16-17(10-13)29-12-28-16/h4,6,10H,5,7-9,11-12H2,1-3H3,(H2,22,23,24,26). The third-order valence-corrected chi connectivity index (χ3v) is 4.92. The highest BCUT2D eigenvalue weighted by atomic mass is 16.7. The monoisotopic (exact) mass is 414 g/mol. The Hall–Kier alpha value is -3.23. The lowest BCUT2D eigenvalue weighted by atomic mass is 10.1. The van der Waals surface area contributed by atoms with Gasteiger partial charge in [-0.1, -0.05) is 6.07 Å². The summed E-state index contributed by atoms with van der Waals surface area (Å²) in [6, 6.07) is 5.69. The summed E-state index contributed by atoms with van der Waals surface area (Å²) in [5, 5.41) is 10.1. The molecule has 1 aromatic carbocycles. The maximum absolute atomic E-state index is 12.4. The smallest absolute Gasteiger partial charge is 0.410 e. The van der Waals surface area contributed by atoms with Gasteiger partial charge in [-0.15, -0.1) is 0 Å². The number of carbonyl (C=O) groups is 2. The minimum Gasteiger partial charge on any atom is -0.454 e. The van der Waals surface area contributed by atoms with Gasteiger partial charge in [0.25, 0.3) is 0 Å². The maximum atomic E-state index is 12.4. The molecule has 160 valence electrons. The number of amides is 2. The van der Waals surface area contributed by atoms with Crippen LogP contribution in [-0.2, 0) is 28.9 Å². The number of H-pyrrole nitrogens is 1. The first-order chi connectivity index (χ1) is 14.3. The minimum absolute atomic E-state index is 0.114. The molecular formula is C21H26N4O5. The fourth-order valence-corrected chi connectivity index (χ4v) is 3.45. The van der Waals surface area contributed by atoms with Crippen LogP contribution in [0.5, 0.6) is 11.5 Å². The zero-order valence-corrected chi connectivity index (χ0v) is 17.4. The van der Waals surface area contributed by atoms with E-state index < -0.39 is 5.60 Å². The second kappa shape index (κ2) is 7.89. The normalized spacial score (nSPS) is 15.0. The number of nitrogens with one attached hydrogen (secondary N) is 2. The Morgan fingerprint density at radius 2 is 2.07 bits per heavy atom. The highest BCUT2D eigenvalue weighted by Crippen LogP contribution is 2.33. The molecule has 2 aromatic rings. The lowest BCUT2D eigenvalue weighted by Gasteiger charge is -2.29. The summed E-state index contributed by atoms with van der Waals surface area (Å²) in [6.45, 7) is 6.65. The van der Waals surface area contributed by atoms with Crippen molar-refractivity contribution in [2.45, 2.75) is 52.2 Å². The van der Waals surface area contributed by atoms with E-state index in [9.17, 15) is 9.59 Å².